The number of aryl methyl sites for hydroxylation is 1. The van der Waals surface area contributed by atoms with Crippen LogP contribution in [0.2, 0.25) is 0 Å². The standard InChI is InChI=1S/C24H26N6O3/c1-15(2)30-23-19(13-27-30)18(24(31)25-6-7-29-14-16(3)12-26-29)11-20(28-23)17-4-5-21-22(10-17)33-9-8-32-21/h4-5,10-15H,6-9H2,1-3H3,(H,25,31). The number of amides is 1. The van der Waals surface area contributed by atoms with Gasteiger partial charge in [-0.15, -0.1) is 0 Å². The number of nitrogens with zero attached hydrogens (tertiary/aromatic N) is 5. The van der Waals surface area contributed by atoms with Crippen molar-refractivity contribution in [1.29, 1.82) is 0 Å². The van der Waals surface area contributed by atoms with Crippen LogP contribution in [-0.4, -0.2) is 50.2 Å². The molecule has 4 aromatic rings. The number of carbonyl (C=O) groups is 1. The number of ether oxygens (including phenoxy) is 2. The number of hydrogen-bond donors (Lipinski definition) is 1. The first kappa shape index (κ1) is 21.0. The minimum Gasteiger partial charge on any atom is -0.486 e. The molecule has 0 unspecified atom stereocenters. The molecule has 0 fully saturated rings. The third-order valence-corrected chi connectivity index (χ3v) is 5.53. The zero-order valence-corrected chi connectivity index (χ0v) is 18.9. The predicted octanol–water partition coefficient (Wildman–Crippen LogP) is 3.39. The number of carbonyl (C=O) groups excluding carboxylic acids is 1. The average molecular weight is 447 g/mol. The van der Waals surface area contributed by atoms with Crippen LogP contribution >= 0.6 is 0 Å². The van der Waals surface area contributed by atoms with E-state index in [2.05, 4.69) is 15.5 Å². The second-order valence-corrected chi connectivity index (χ2v) is 8.37. The second-order valence-electron chi connectivity index (χ2n) is 8.37. The number of rotatable bonds is 6. The van der Waals surface area contributed by atoms with E-state index >= 15 is 0 Å². The number of pyridine rings is 1. The zero-order valence-electron chi connectivity index (χ0n) is 18.9. The van der Waals surface area contributed by atoms with Crippen molar-refractivity contribution in [3.05, 3.63) is 54.0 Å². The summed E-state index contributed by atoms with van der Waals surface area (Å²) in [5.41, 5.74) is 3.81. The third-order valence-electron chi connectivity index (χ3n) is 5.53. The molecule has 1 N–H and O–H groups in total. The highest BCUT2D eigenvalue weighted by Crippen LogP contribution is 2.35. The quantitative estimate of drug-likeness (QED) is 0.488. The SMILES string of the molecule is Cc1cnn(CCNC(=O)c2cc(-c3ccc4c(c3)OCCO4)nc3c2cnn3C(C)C)c1. The summed E-state index contributed by atoms with van der Waals surface area (Å²) in [5.74, 6) is 1.22. The Labute approximate surface area is 191 Å². The molecule has 0 spiro atoms. The van der Waals surface area contributed by atoms with Crippen molar-refractivity contribution in [3.63, 3.8) is 0 Å². The Morgan fingerprint density at radius 1 is 1.12 bits per heavy atom. The lowest BCUT2D eigenvalue weighted by molar-refractivity contribution is 0.0953. The molecule has 5 rings (SSSR count). The van der Waals surface area contributed by atoms with Gasteiger partial charge in [-0.05, 0) is 50.6 Å². The van der Waals surface area contributed by atoms with Crippen molar-refractivity contribution in [2.45, 2.75) is 33.4 Å². The molecular weight excluding hydrogens is 420 g/mol. The van der Waals surface area contributed by atoms with E-state index in [9.17, 15) is 4.79 Å². The van der Waals surface area contributed by atoms with E-state index in [0.717, 1.165) is 16.5 Å². The number of fused-ring (bicyclic) bond motifs is 2. The Morgan fingerprint density at radius 3 is 2.70 bits per heavy atom. The Morgan fingerprint density at radius 2 is 1.94 bits per heavy atom. The predicted molar refractivity (Wildman–Crippen MR) is 124 cm³/mol. The number of hydrogen-bond acceptors (Lipinski definition) is 6. The summed E-state index contributed by atoms with van der Waals surface area (Å²) in [6.45, 7) is 8.16. The van der Waals surface area contributed by atoms with Crippen LogP contribution in [0, 0.1) is 6.92 Å². The topological polar surface area (TPSA) is 96.1 Å². The molecule has 0 radical (unpaired) electrons. The summed E-state index contributed by atoms with van der Waals surface area (Å²) < 4.78 is 15.0. The third kappa shape index (κ3) is 4.13. The molecule has 1 aliphatic rings. The molecule has 3 aromatic heterocycles. The Balaban J connectivity index is 1.50. The maximum absolute atomic E-state index is 13.2. The first-order valence-corrected chi connectivity index (χ1v) is 11.0. The van der Waals surface area contributed by atoms with Crippen molar-refractivity contribution < 1.29 is 14.3 Å². The fourth-order valence-corrected chi connectivity index (χ4v) is 3.90. The summed E-state index contributed by atoms with van der Waals surface area (Å²) in [6, 6.07) is 7.62. The van der Waals surface area contributed by atoms with Gasteiger partial charge in [0.2, 0.25) is 0 Å². The normalized spacial score (nSPS) is 13.0. The molecule has 0 saturated carbocycles. The first-order valence-electron chi connectivity index (χ1n) is 11.0. The van der Waals surface area contributed by atoms with Crippen molar-refractivity contribution in [3.8, 4) is 22.8 Å². The van der Waals surface area contributed by atoms with Crippen LogP contribution in [0.3, 0.4) is 0 Å². The van der Waals surface area contributed by atoms with Gasteiger partial charge in [0.05, 0.1) is 35.6 Å². The summed E-state index contributed by atoms with van der Waals surface area (Å²) in [6.07, 6.45) is 5.46. The van der Waals surface area contributed by atoms with Crippen LogP contribution < -0.4 is 14.8 Å². The fraction of sp³-hybridized carbons (Fsp3) is 0.333. The lowest BCUT2D eigenvalue weighted by atomic mass is 10.1. The van der Waals surface area contributed by atoms with E-state index in [0.29, 0.717) is 54.7 Å². The van der Waals surface area contributed by atoms with Crippen LogP contribution in [0.15, 0.2) is 42.9 Å². The number of nitrogens with one attached hydrogen (secondary N) is 1. The second kappa shape index (κ2) is 8.57. The highest BCUT2D eigenvalue weighted by Gasteiger charge is 2.20. The van der Waals surface area contributed by atoms with E-state index in [1.807, 2.05) is 60.6 Å². The lowest BCUT2D eigenvalue weighted by Crippen LogP contribution is -2.27. The number of benzene rings is 1. The maximum Gasteiger partial charge on any atom is 0.252 e. The molecule has 0 saturated heterocycles. The van der Waals surface area contributed by atoms with Crippen molar-refractivity contribution >= 4 is 16.9 Å². The van der Waals surface area contributed by atoms with Gasteiger partial charge in [-0.2, -0.15) is 10.2 Å². The molecule has 0 atom stereocenters. The molecule has 0 aliphatic carbocycles. The lowest BCUT2D eigenvalue weighted by Gasteiger charge is -2.19. The molecule has 9 heteroatoms. The van der Waals surface area contributed by atoms with E-state index in [1.165, 1.54) is 0 Å². The Kier molecular flexibility index (Phi) is 5.45. The van der Waals surface area contributed by atoms with Gasteiger partial charge in [-0.1, -0.05) is 0 Å². The van der Waals surface area contributed by atoms with Crippen molar-refractivity contribution in [2.24, 2.45) is 0 Å². The summed E-state index contributed by atoms with van der Waals surface area (Å²) in [5, 5.41) is 12.5. The molecule has 33 heavy (non-hydrogen) atoms. The minimum absolute atomic E-state index is 0.101. The molecule has 1 aromatic carbocycles. The molecule has 170 valence electrons. The smallest absolute Gasteiger partial charge is 0.252 e. The molecular formula is C24H26N6O3. The van der Waals surface area contributed by atoms with E-state index < -0.39 is 0 Å². The molecule has 4 heterocycles. The molecule has 9 nitrogen and oxygen atoms in total. The maximum atomic E-state index is 13.2. The first-order chi connectivity index (χ1) is 16.0. The summed E-state index contributed by atoms with van der Waals surface area (Å²) in [7, 11) is 0. The van der Waals surface area contributed by atoms with Crippen LogP contribution in [0.25, 0.3) is 22.3 Å². The van der Waals surface area contributed by atoms with Gasteiger partial charge < -0.3 is 14.8 Å². The Bertz CT molecular complexity index is 1320. The minimum atomic E-state index is -0.173. The Hall–Kier alpha value is -3.88. The van der Waals surface area contributed by atoms with Crippen molar-refractivity contribution in [1.82, 2.24) is 29.9 Å². The highest BCUT2D eigenvalue weighted by molar-refractivity contribution is 6.06. The van der Waals surface area contributed by atoms with E-state index in [-0.39, 0.29) is 11.9 Å². The van der Waals surface area contributed by atoms with Crippen molar-refractivity contribution in [2.75, 3.05) is 19.8 Å². The largest absolute Gasteiger partial charge is 0.486 e. The zero-order chi connectivity index (χ0) is 22.9. The molecule has 1 amide bonds. The van der Waals surface area contributed by atoms with Gasteiger partial charge in [0.15, 0.2) is 17.1 Å². The highest BCUT2D eigenvalue weighted by atomic mass is 16.6. The molecule has 1 aliphatic heterocycles. The van der Waals surface area contributed by atoms with Gasteiger partial charge in [0.25, 0.3) is 5.91 Å². The van der Waals surface area contributed by atoms with Gasteiger partial charge in [0.1, 0.15) is 13.2 Å². The van der Waals surface area contributed by atoms with Crippen LogP contribution in [0.5, 0.6) is 11.5 Å². The van der Waals surface area contributed by atoms with Gasteiger partial charge in [0, 0.05) is 24.3 Å². The van der Waals surface area contributed by atoms with E-state index in [4.69, 9.17) is 14.5 Å². The average Bonchev–Trinajstić information content (AvgIpc) is 3.44. The van der Waals surface area contributed by atoms with E-state index in [1.54, 1.807) is 12.4 Å². The fourth-order valence-electron chi connectivity index (χ4n) is 3.90. The van der Waals surface area contributed by atoms with Crippen LogP contribution in [0.1, 0.15) is 35.8 Å². The van der Waals surface area contributed by atoms with Gasteiger partial charge in [-0.25, -0.2) is 9.67 Å². The number of aromatic nitrogens is 5. The van der Waals surface area contributed by atoms with Crippen LogP contribution in [0.4, 0.5) is 0 Å². The van der Waals surface area contributed by atoms with Gasteiger partial charge in [-0.3, -0.25) is 9.48 Å². The van der Waals surface area contributed by atoms with Crippen LogP contribution in [-0.2, 0) is 6.54 Å². The monoisotopic (exact) mass is 446 g/mol. The summed E-state index contributed by atoms with van der Waals surface area (Å²) in [4.78, 5) is 18.1. The van der Waals surface area contributed by atoms with Gasteiger partial charge >= 0.3 is 0 Å². The molecule has 0 bridgehead atoms. The summed E-state index contributed by atoms with van der Waals surface area (Å²) >= 11 is 0.